The van der Waals surface area contributed by atoms with Crippen molar-refractivity contribution in [2.24, 2.45) is 0 Å². The first-order chi connectivity index (χ1) is 10.9. The molecule has 5 heteroatoms. The number of nitrogens with zero attached hydrogens (tertiary/aromatic N) is 2. The SMILES string of the molecule is C#Cc1cc(CN2CCC[C@@H](NC(=O)OC(C)(C)C)C2)ccn1. The molecule has 0 aromatic carbocycles. The van der Waals surface area contributed by atoms with Crippen molar-refractivity contribution in [3.8, 4) is 12.3 Å². The van der Waals surface area contributed by atoms with Crippen LogP contribution in [0.15, 0.2) is 18.3 Å². The van der Waals surface area contributed by atoms with E-state index in [2.05, 4.69) is 21.1 Å². The highest BCUT2D eigenvalue weighted by Gasteiger charge is 2.24. The highest BCUT2D eigenvalue weighted by molar-refractivity contribution is 5.68. The van der Waals surface area contributed by atoms with Gasteiger partial charge in [-0.3, -0.25) is 4.90 Å². The van der Waals surface area contributed by atoms with Crippen LogP contribution in [0.1, 0.15) is 44.9 Å². The maximum absolute atomic E-state index is 11.9. The lowest BCUT2D eigenvalue weighted by atomic mass is 10.0. The first kappa shape index (κ1) is 17.3. The Kier molecular flexibility index (Phi) is 5.62. The zero-order valence-electron chi connectivity index (χ0n) is 14.1. The summed E-state index contributed by atoms with van der Waals surface area (Å²) < 4.78 is 5.33. The van der Waals surface area contributed by atoms with Crippen molar-refractivity contribution in [1.82, 2.24) is 15.2 Å². The molecule has 0 radical (unpaired) electrons. The molecule has 0 bridgehead atoms. The van der Waals surface area contributed by atoms with E-state index < -0.39 is 5.60 Å². The number of nitrogens with one attached hydrogen (secondary N) is 1. The van der Waals surface area contributed by atoms with Gasteiger partial charge in [-0.05, 0) is 57.9 Å². The Morgan fingerprint density at radius 1 is 1.57 bits per heavy atom. The summed E-state index contributed by atoms with van der Waals surface area (Å²) in [5.74, 6) is 2.56. The van der Waals surface area contributed by atoms with Gasteiger partial charge in [-0.1, -0.05) is 5.92 Å². The minimum absolute atomic E-state index is 0.118. The molecule has 1 N–H and O–H groups in total. The number of carbonyl (C=O) groups is 1. The maximum Gasteiger partial charge on any atom is 0.407 e. The molecule has 1 amide bonds. The first-order valence-electron chi connectivity index (χ1n) is 7.99. The molecule has 2 heterocycles. The van der Waals surface area contributed by atoms with E-state index in [4.69, 9.17) is 11.2 Å². The number of aromatic nitrogens is 1. The van der Waals surface area contributed by atoms with Gasteiger partial charge in [0.25, 0.3) is 0 Å². The van der Waals surface area contributed by atoms with Gasteiger partial charge in [-0.15, -0.1) is 6.42 Å². The predicted octanol–water partition coefficient (Wildman–Crippen LogP) is 2.55. The standard InChI is InChI=1S/C18H25N3O2/c1-5-15-11-14(8-9-19-15)12-21-10-6-7-16(13-21)20-17(22)23-18(2,3)4/h1,8-9,11,16H,6-7,10,12-13H2,2-4H3,(H,20,22)/t16-/m1/s1. The topological polar surface area (TPSA) is 54.5 Å². The van der Waals surface area contributed by atoms with E-state index in [0.717, 1.165) is 38.0 Å². The van der Waals surface area contributed by atoms with Crippen LogP contribution in [-0.2, 0) is 11.3 Å². The molecule has 1 aromatic heterocycles. The number of piperidine rings is 1. The summed E-state index contributed by atoms with van der Waals surface area (Å²) in [6.45, 7) is 8.24. The van der Waals surface area contributed by atoms with Gasteiger partial charge in [0.15, 0.2) is 0 Å². The maximum atomic E-state index is 11.9. The van der Waals surface area contributed by atoms with Crippen molar-refractivity contribution < 1.29 is 9.53 Å². The molecule has 0 unspecified atom stereocenters. The van der Waals surface area contributed by atoms with Gasteiger partial charge < -0.3 is 10.1 Å². The molecule has 2 rings (SSSR count). The van der Waals surface area contributed by atoms with Crippen molar-refractivity contribution in [3.05, 3.63) is 29.6 Å². The van der Waals surface area contributed by atoms with Gasteiger partial charge in [0.2, 0.25) is 0 Å². The van der Waals surface area contributed by atoms with Crippen LogP contribution in [0, 0.1) is 12.3 Å². The second-order valence-electron chi connectivity index (χ2n) is 6.91. The second-order valence-corrected chi connectivity index (χ2v) is 6.91. The van der Waals surface area contributed by atoms with E-state index >= 15 is 0 Å². The smallest absolute Gasteiger partial charge is 0.407 e. The van der Waals surface area contributed by atoms with Gasteiger partial charge in [-0.25, -0.2) is 9.78 Å². The number of rotatable bonds is 3. The van der Waals surface area contributed by atoms with E-state index in [-0.39, 0.29) is 12.1 Å². The fourth-order valence-corrected chi connectivity index (χ4v) is 2.70. The summed E-state index contributed by atoms with van der Waals surface area (Å²) in [5.41, 5.74) is 1.33. The lowest BCUT2D eigenvalue weighted by molar-refractivity contribution is 0.0470. The Labute approximate surface area is 138 Å². The molecule has 0 saturated carbocycles. The summed E-state index contributed by atoms with van der Waals surface area (Å²) in [5, 5.41) is 2.97. The molecular weight excluding hydrogens is 290 g/mol. The number of alkyl carbamates (subject to hydrolysis) is 1. The third kappa shape index (κ3) is 5.91. The minimum atomic E-state index is -0.471. The number of hydrogen-bond acceptors (Lipinski definition) is 4. The van der Waals surface area contributed by atoms with Crippen LogP contribution in [-0.4, -0.2) is 40.7 Å². The van der Waals surface area contributed by atoms with Crippen molar-refractivity contribution in [2.75, 3.05) is 13.1 Å². The number of pyridine rings is 1. The molecule has 5 nitrogen and oxygen atoms in total. The van der Waals surface area contributed by atoms with Crippen molar-refractivity contribution in [3.63, 3.8) is 0 Å². The molecule has 0 aliphatic carbocycles. The third-order valence-corrected chi connectivity index (χ3v) is 3.60. The molecule has 1 atom stereocenters. The van der Waals surface area contributed by atoms with Crippen LogP contribution in [0.2, 0.25) is 0 Å². The Balaban J connectivity index is 1.88. The molecule has 1 fully saturated rings. The summed E-state index contributed by atoms with van der Waals surface area (Å²) in [6.07, 6.45) is 8.81. The Morgan fingerprint density at radius 2 is 2.35 bits per heavy atom. The minimum Gasteiger partial charge on any atom is -0.444 e. The van der Waals surface area contributed by atoms with E-state index in [9.17, 15) is 4.79 Å². The lowest BCUT2D eigenvalue weighted by Crippen LogP contribution is -2.48. The van der Waals surface area contributed by atoms with Gasteiger partial charge in [0.05, 0.1) is 0 Å². The predicted molar refractivity (Wildman–Crippen MR) is 89.8 cm³/mol. The van der Waals surface area contributed by atoms with E-state index in [1.54, 1.807) is 6.20 Å². The monoisotopic (exact) mass is 315 g/mol. The van der Waals surface area contributed by atoms with Crippen molar-refractivity contribution in [2.45, 2.75) is 51.8 Å². The first-order valence-corrected chi connectivity index (χ1v) is 7.99. The fourth-order valence-electron chi connectivity index (χ4n) is 2.70. The zero-order chi connectivity index (χ0) is 16.9. The summed E-state index contributed by atoms with van der Waals surface area (Å²) in [6, 6.07) is 4.03. The molecule has 1 aromatic rings. The fraction of sp³-hybridized carbons (Fsp3) is 0.556. The van der Waals surface area contributed by atoms with Gasteiger partial charge in [-0.2, -0.15) is 0 Å². The van der Waals surface area contributed by atoms with Crippen LogP contribution in [0.3, 0.4) is 0 Å². The third-order valence-electron chi connectivity index (χ3n) is 3.60. The largest absolute Gasteiger partial charge is 0.444 e. The lowest BCUT2D eigenvalue weighted by Gasteiger charge is -2.33. The molecule has 1 saturated heterocycles. The normalized spacial score (nSPS) is 19.0. The molecule has 1 aliphatic heterocycles. The number of carbonyl (C=O) groups excluding carboxylic acids is 1. The highest BCUT2D eigenvalue weighted by Crippen LogP contribution is 2.15. The van der Waals surface area contributed by atoms with Crippen molar-refractivity contribution >= 4 is 6.09 Å². The van der Waals surface area contributed by atoms with Crippen LogP contribution >= 0.6 is 0 Å². The molecular formula is C18H25N3O2. The van der Waals surface area contributed by atoms with E-state index in [1.807, 2.05) is 32.9 Å². The van der Waals surface area contributed by atoms with Gasteiger partial charge >= 0.3 is 6.09 Å². The van der Waals surface area contributed by atoms with Crippen LogP contribution < -0.4 is 5.32 Å². The molecule has 0 spiro atoms. The zero-order valence-corrected chi connectivity index (χ0v) is 14.1. The summed E-state index contributed by atoms with van der Waals surface area (Å²) in [4.78, 5) is 18.3. The van der Waals surface area contributed by atoms with E-state index in [0.29, 0.717) is 5.69 Å². The van der Waals surface area contributed by atoms with Crippen molar-refractivity contribution in [1.29, 1.82) is 0 Å². The number of ether oxygens (including phenoxy) is 1. The van der Waals surface area contributed by atoms with E-state index in [1.165, 1.54) is 0 Å². The van der Waals surface area contributed by atoms with Crippen LogP contribution in [0.25, 0.3) is 0 Å². The quantitative estimate of drug-likeness (QED) is 0.871. The number of hydrogen-bond donors (Lipinski definition) is 1. The Morgan fingerprint density at radius 3 is 3.04 bits per heavy atom. The number of terminal acetylenes is 1. The average Bonchev–Trinajstić information content (AvgIpc) is 2.45. The average molecular weight is 315 g/mol. The summed E-state index contributed by atoms with van der Waals surface area (Å²) >= 11 is 0. The summed E-state index contributed by atoms with van der Waals surface area (Å²) in [7, 11) is 0. The van der Waals surface area contributed by atoms with Gasteiger partial charge in [0.1, 0.15) is 11.3 Å². The highest BCUT2D eigenvalue weighted by atomic mass is 16.6. The van der Waals surface area contributed by atoms with Gasteiger partial charge in [0, 0.05) is 25.3 Å². The molecule has 23 heavy (non-hydrogen) atoms. The van der Waals surface area contributed by atoms with Crippen LogP contribution in [0.5, 0.6) is 0 Å². The number of amides is 1. The second kappa shape index (κ2) is 7.47. The molecule has 124 valence electrons. The Hall–Kier alpha value is -2.06. The van der Waals surface area contributed by atoms with Crippen LogP contribution in [0.4, 0.5) is 4.79 Å². The number of likely N-dealkylation sites (tertiary alicyclic amines) is 1. The molecule has 1 aliphatic rings. The Bertz CT molecular complexity index is 587.